The normalized spacial score (nSPS) is 14.5. The van der Waals surface area contributed by atoms with Gasteiger partial charge in [0.05, 0.1) is 30.9 Å². The van der Waals surface area contributed by atoms with Crippen molar-refractivity contribution in [1.29, 1.82) is 0 Å². The van der Waals surface area contributed by atoms with Crippen LogP contribution in [0.15, 0.2) is 27.9 Å². The van der Waals surface area contributed by atoms with Crippen LogP contribution in [0.5, 0.6) is 0 Å². The van der Waals surface area contributed by atoms with Crippen LogP contribution in [0.2, 0.25) is 5.02 Å². The van der Waals surface area contributed by atoms with Gasteiger partial charge in [-0.25, -0.2) is 4.79 Å². The maximum absolute atomic E-state index is 12.4. The van der Waals surface area contributed by atoms with Gasteiger partial charge in [-0.2, -0.15) is 0 Å². The molecule has 0 radical (unpaired) electrons. The molecule has 0 bridgehead atoms. The summed E-state index contributed by atoms with van der Waals surface area (Å²) in [6.45, 7) is 1.90. The third-order valence-corrected chi connectivity index (χ3v) is 4.79. The molecule has 0 saturated carbocycles. The molecule has 23 heavy (non-hydrogen) atoms. The van der Waals surface area contributed by atoms with Crippen LogP contribution in [0.3, 0.4) is 0 Å². The van der Waals surface area contributed by atoms with Gasteiger partial charge in [0.1, 0.15) is 5.70 Å². The fourth-order valence-electron chi connectivity index (χ4n) is 2.29. The van der Waals surface area contributed by atoms with Gasteiger partial charge < -0.3 is 20.1 Å². The number of β-amino-alcohol motifs (C(OH)–C–C–N with tert-alkyl or cyclic N) is 1. The number of aliphatic hydroxyl groups excluding tert-OH is 1. The summed E-state index contributed by atoms with van der Waals surface area (Å²) in [4.78, 5) is 25.7. The number of methoxy groups -OCH3 is 1. The number of nitrogens with one attached hydrogen (secondary N) is 1. The molecule has 0 unspecified atom stereocenters. The summed E-state index contributed by atoms with van der Waals surface area (Å²) in [6.07, 6.45) is 0. The Morgan fingerprint density at radius 1 is 1.52 bits per heavy atom. The molecule has 0 spiro atoms. The Labute approximate surface area is 147 Å². The maximum Gasteiger partial charge on any atom is 0.337 e. The largest absolute Gasteiger partial charge is 0.466 e. The molecule has 2 rings (SSSR count). The predicted octanol–water partition coefficient (Wildman–Crippen LogP) is 2.08. The van der Waals surface area contributed by atoms with Crippen LogP contribution >= 0.6 is 27.5 Å². The summed E-state index contributed by atoms with van der Waals surface area (Å²) < 4.78 is 5.42. The summed E-state index contributed by atoms with van der Waals surface area (Å²) in [7, 11) is 1.26. The first kappa shape index (κ1) is 17.8. The van der Waals surface area contributed by atoms with Crippen LogP contribution in [0.25, 0.3) is 0 Å². The van der Waals surface area contributed by atoms with Gasteiger partial charge in [0.15, 0.2) is 0 Å². The number of carbonyl (C=O) groups is 2. The number of esters is 1. The molecule has 0 saturated heterocycles. The Balaban J connectivity index is 2.37. The third-order valence-electron chi connectivity index (χ3n) is 3.43. The molecule has 1 heterocycles. The molecule has 0 aromatic heterocycles. The van der Waals surface area contributed by atoms with E-state index in [0.717, 1.165) is 5.56 Å². The Bertz CT molecular complexity index is 667. The number of amides is 1. The van der Waals surface area contributed by atoms with Crippen LogP contribution in [0.1, 0.15) is 5.56 Å². The number of aliphatic hydroxyl groups is 1. The summed E-state index contributed by atoms with van der Waals surface area (Å²) >= 11 is 9.45. The average molecular weight is 404 g/mol. The highest BCUT2D eigenvalue weighted by molar-refractivity contribution is 9.10. The highest BCUT2D eigenvalue weighted by Crippen LogP contribution is 2.31. The second-order valence-corrected chi connectivity index (χ2v) is 6.24. The molecule has 8 heteroatoms. The lowest BCUT2D eigenvalue weighted by atomic mass is 10.2. The van der Waals surface area contributed by atoms with Gasteiger partial charge >= 0.3 is 5.97 Å². The van der Waals surface area contributed by atoms with E-state index < -0.39 is 5.97 Å². The van der Waals surface area contributed by atoms with Crippen molar-refractivity contribution in [2.45, 2.75) is 6.92 Å². The number of nitrogens with zero attached hydrogens (tertiary/aromatic N) is 1. The van der Waals surface area contributed by atoms with Gasteiger partial charge in [-0.3, -0.25) is 4.79 Å². The molecule has 1 aromatic carbocycles. The quantitative estimate of drug-likeness (QED) is 0.736. The van der Waals surface area contributed by atoms with E-state index in [2.05, 4.69) is 21.2 Å². The minimum atomic E-state index is -0.578. The van der Waals surface area contributed by atoms with E-state index in [1.807, 2.05) is 6.92 Å². The average Bonchev–Trinajstić information content (AvgIpc) is 2.81. The fourth-order valence-corrected chi connectivity index (χ4v) is 2.96. The van der Waals surface area contributed by atoms with Crippen molar-refractivity contribution < 1.29 is 19.4 Å². The van der Waals surface area contributed by atoms with Crippen molar-refractivity contribution in [3.8, 4) is 0 Å². The Hall–Kier alpha value is -1.57. The van der Waals surface area contributed by atoms with E-state index in [1.165, 1.54) is 12.0 Å². The van der Waals surface area contributed by atoms with Gasteiger partial charge in [0.2, 0.25) is 0 Å². The van der Waals surface area contributed by atoms with Crippen molar-refractivity contribution in [3.63, 3.8) is 0 Å². The summed E-state index contributed by atoms with van der Waals surface area (Å²) in [5.41, 5.74) is 1.82. The van der Waals surface area contributed by atoms with Gasteiger partial charge in [-0.05, 0) is 40.5 Å². The Kier molecular flexibility index (Phi) is 5.67. The first-order chi connectivity index (χ1) is 10.9. The SMILES string of the molecule is COC(=O)C1=C(Nc2cc(C)c(Cl)c(Br)c2)C(=O)N(CCO)C1. The van der Waals surface area contributed by atoms with Crippen molar-refractivity contribution in [2.75, 3.05) is 32.1 Å². The van der Waals surface area contributed by atoms with Crippen LogP contribution < -0.4 is 5.32 Å². The van der Waals surface area contributed by atoms with Gasteiger partial charge in [0, 0.05) is 16.7 Å². The molecule has 1 amide bonds. The van der Waals surface area contributed by atoms with Gasteiger partial charge in [-0.1, -0.05) is 11.6 Å². The lowest BCUT2D eigenvalue weighted by Crippen LogP contribution is -2.31. The van der Waals surface area contributed by atoms with E-state index in [4.69, 9.17) is 21.4 Å². The molecule has 0 fully saturated rings. The van der Waals surface area contributed by atoms with E-state index in [0.29, 0.717) is 15.2 Å². The molecular formula is C15H16BrClN2O4. The summed E-state index contributed by atoms with van der Waals surface area (Å²) in [5.74, 6) is -0.936. The lowest BCUT2D eigenvalue weighted by Gasteiger charge is -2.15. The van der Waals surface area contributed by atoms with Crippen molar-refractivity contribution in [2.24, 2.45) is 0 Å². The second kappa shape index (κ2) is 7.33. The van der Waals surface area contributed by atoms with Crippen LogP contribution in [-0.4, -0.2) is 48.7 Å². The van der Waals surface area contributed by atoms with Gasteiger partial charge in [0.25, 0.3) is 5.91 Å². The summed E-state index contributed by atoms with van der Waals surface area (Å²) in [6, 6.07) is 3.50. The van der Waals surface area contributed by atoms with Crippen LogP contribution in [0, 0.1) is 6.92 Å². The lowest BCUT2D eigenvalue weighted by molar-refractivity contribution is -0.136. The number of carbonyl (C=O) groups excluding carboxylic acids is 2. The number of benzene rings is 1. The van der Waals surface area contributed by atoms with E-state index in [9.17, 15) is 9.59 Å². The van der Waals surface area contributed by atoms with E-state index in [-0.39, 0.29) is 36.9 Å². The predicted molar refractivity (Wildman–Crippen MR) is 90.2 cm³/mol. The molecule has 1 aliphatic rings. The molecule has 0 atom stereocenters. The number of halogens is 2. The molecule has 124 valence electrons. The Morgan fingerprint density at radius 2 is 2.22 bits per heavy atom. The maximum atomic E-state index is 12.4. The van der Waals surface area contributed by atoms with Crippen molar-refractivity contribution in [1.82, 2.24) is 4.90 Å². The highest BCUT2D eigenvalue weighted by atomic mass is 79.9. The highest BCUT2D eigenvalue weighted by Gasteiger charge is 2.34. The monoisotopic (exact) mass is 402 g/mol. The van der Waals surface area contributed by atoms with Crippen molar-refractivity contribution in [3.05, 3.63) is 38.5 Å². The third kappa shape index (κ3) is 3.68. The fraction of sp³-hybridized carbons (Fsp3) is 0.333. The zero-order valence-corrected chi connectivity index (χ0v) is 15.0. The number of anilines is 1. The van der Waals surface area contributed by atoms with E-state index >= 15 is 0 Å². The minimum absolute atomic E-state index is 0.0993. The minimum Gasteiger partial charge on any atom is -0.466 e. The van der Waals surface area contributed by atoms with Crippen LogP contribution in [-0.2, 0) is 14.3 Å². The molecule has 1 aliphatic heterocycles. The number of aryl methyl sites for hydroxylation is 1. The second-order valence-electron chi connectivity index (χ2n) is 5.01. The number of hydrogen-bond donors (Lipinski definition) is 2. The van der Waals surface area contributed by atoms with Crippen LogP contribution in [0.4, 0.5) is 5.69 Å². The molecular weight excluding hydrogens is 388 g/mol. The zero-order valence-electron chi connectivity index (χ0n) is 12.7. The molecule has 6 nitrogen and oxygen atoms in total. The van der Waals surface area contributed by atoms with Gasteiger partial charge in [-0.15, -0.1) is 0 Å². The topological polar surface area (TPSA) is 78.9 Å². The summed E-state index contributed by atoms with van der Waals surface area (Å²) in [5, 5.41) is 12.6. The zero-order chi connectivity index (χ0) is 17.1. The molecule has 0 aliphatic carbocycles. The standard InChI is InChI=1S/C15H16BrClN2O4/c1-8-5-9(6-11(16)12(8)17)18-13-10(15(22)23-2)7-19(3-4-20)14(13)21/h5-6,18,20H,3-4,7H2,1-2H3. The first-order valence-electron chi connectivity index (χ1n) is 6.83. The molecule has 1 aromatic rings. The van der Waals surface area contributed by atoms with E-state index in [1.54, 1.807) is 12.1 Å². The number of rotatable bonds is 5. The first-order valence-corrected chi connectivity index (χ1v) is 8.00. The van der Waals surface area contributed by atoms with Crippen molar-refractivity contribution >= 4 is 45.1 Å². The number of hydrogen-bond acceptors (Lipinski definition) is 5. The number of ether oxygens (including phenoxy) is 1. The smallest absolute Gasteiger partial charge is 0.337 e. The molecule has 2 N–H and O–H groups in total. The Morgan fingerprint density at radius 3 is 2.78 bits per heavy atom.